The van der Waals surface area contributed by atoms with Crippen LogP contribution in [0.2, 0.25) is 0 Å². The van der Waals surface area contributed by atoms with Crippen molar-refractivity contribution >= 4 is 5.97 Å². The first-order valence-electron chi connectivity index (χ1n) is 14.1. The monoisotopic (exact) mass is 522 g/mol. The Kier molecular flexibility index (Phi) is 12.4. The van der Waals surface area contributed by atoms with E-state index in [-0.39, 0.29) is 23.3 Å². The van der Waals surface area contributed by atoms with Gasteiger partial charge in [0.05, 0.1) is 12.2 Å². The zero-order valence-electron chi connectivity index (χ0n) is 22.7. The quantitative estimate of drug-likeness (QED) is 0.107. The van der Waals surface area contributed by atoms with Crippen molar-refractivity contribution in [1.29, 1.82) is 0 Å². The Labute approximate surface area is 226 Å². The summed E-state index contributed by atoms with van der Waals surface area (Å²) in [6.45, 7) is 4.54. The second-order valence-electron chi connectivity index (χ2n) is 9.80. The Morgan fingerprint density at radius 1 is 0.737 bits per heavy atom. The molecule has 0 radical (unpaired) electrons. The van der Waals surface area contributed by atoms with Crippen LogP contribution in [0.4, 0.5) is 8.78 Å². The fourth-order valence-electron chi connectivity index (χ4n) is 4.61. The summed E-state index contributed by atoms with van der Waals surface area (Å²) in [6, 6.07) is 17.2. The molecule has 0 amide bonds. The number of carbonyl (C=O) groups is 1. The molecule has 204 valence electrons. The maximum absolute atomic E-state index is 15.9. The topological polar surface area (TPSA) is 35.5 Å². The lowest BCUT2D eigenvalue weighted by Crippen LogP contribution is -2.10. The summed E-state index contributed by atoms with van der Waals surface area (Å²) in [6.07, 6.45) is 11.6. The highest BCUT2D eigenvalue weighted by atomic mass is 19.1. The Bertz CT molecular complexity index is 1140. The fourth-order valence-corrected chi connectivity index (χ4v) is 4.61. The molecule has 0 bridgehead atoms. The van der Waals surface area contributed by atoms with Gasteiger partial charge in [-0.25, -0.2) is 13.6 Å². The van der Waals surface area contributed by atoms with Crippen molar-refractivity contribution in [3.8, 4) is 22.3 Å². The van der Waals surface area contributed by atoms with Gasteiger partial charge in [-0.15, -0.1) is 0 Å². The summed E-state index contributed by atoms with van der Waals surface area (Å²) in [5.74, 6) is -2.27. The van der Waals surface area contributed by atoms with Crippen molar-refractivity contribution in [1.82, 2.24) is 0 Å². The van der Waals surface area contributed by atoms with Crippen LogP contribution < -0.4 is 0 Å². The second kappa shape index (κ2) is 16.0. The summed E-state index contributed by atoms with van der Waals surface area (Å²) in [5, 5.41) is 0. The molecule has 0 fully saturated rings. The van der Waals surface area contributed by atoms with Gasteiger partial charge < -0.3 is 0 Å². The number of hydrogen-bond acceptors (Lipinski definition) is 3. The Balaban J connectivity index is 1.84. The van der Waals surface area contributed by atoms with Gasteiger partial charge in [-0.1, -0.05) is 114 Å². The minimum Gasteiger partial charge on any atom is -0.293 e. The molecule has 5 heteroatoms. The first kappa shape index (κ1) is 29.5. The van der Waals surface area contributed by atoms with Gasteiger partial charge in [-0.2, -0.15) is 4.89 Å². The molecular formula is C33H40F2O3. The highest BCUT2D eigenvalue weighted by Gasteiger charge is 2.24. The first-order valence-corrected chi connectivity index (χ1v) is 14.1. The molecule has 0 aliphatic rings. The normalized spacial score (nSPS) is 11.1. The molecule has 0 aromatic heterocycles. The van der Waals surface area contributed by atoms with Gasteiger partial charge in [-0.3, -0.25) is 4.89 Å². The van der Waals surface area contributed by atoms with Crippen molar-refractivity contribution in [2.45, 2.75) is 84.5 Å². The molecule has 0 unspecified atom stereocenters. The Morgan fingerprint density at radius 3 is 2.11 bits per heavy atom. The van der Waals surface area contributed by atoms with E-state index < -0.39 is 17.6 Å². The molecular weight excluding hydrogens is 482 g/mol. The van der Waals surface area contributed by atoms with Crippen LogP contribution in [0.15, 0.2) is 60.7 Å². The molecule has 0 aliphatic heterocycles. The average Bonchev–Trinajstić information content (AvgIpc) is 2.93. The summed E-state index contributed by atoms with van der Waals surface area (Å²) in [4.78, 5) is 22.6. The summed E-state index contributed by atoms with van der Waals surface area (Å²) < 4.78 is 31.4. The highest BCUT2D eigenvalue weighted by molar-refractivity contribution is 5.95. The van der Waals surface area contributed by atoms with E-state index in [4.69, 9.17) is 9.78 Å². The number of hydrogen-bond donors (Lipinski definition) is 0. The number of aryl methyl sites for hydroxylation is 1. The Hall–Kier alpha value is -3.05. The van der Waals surface area contributed by atoms with Gasteiger partial charge in [0.1, 0.15) is 11.6 Å². The molecule has 3 rings (SSSR count). The highest BCUT2D eigenvalue weighted by Crippen LogP contribution is 2.37. The zero-order chi connectivity index (χ0) is 27.2. The zero-order valence-corrected chi connectivity index (χ0v) is 22.7. The summed E-state index contributed by atoms with van der Waals surface area (Å²) in [7, 11) is 0. The van der Waals surface area contributed by atoms with E-state index in [1.54, 1.807) is 12.1 Å². The van der Waals surface area contributed by atoms with Crippen LogP contribution in [0.5, 0.6) is 0 Å². The lowest BCUT2D eigenvalue weighted by atomic mass is 9.91. The lowest BCUT2D eigenvalue weighted by molar-refractivity contribution is -0.241. The van der Waals surface area contributed by atoms with E-state index in [0.717, 1.165) is 56.1 Å². The van der Waals surface area contributed by atoms with Crippen LogP contribution in [-0.4, -0.2) is 12.6 Å². The molecule has 0 heterocycles. The van der Waals surface area contributed by atoms with E-state index in [1.165, 1.54) is 37.8 Å². The van der Waals surface area contributed by atoms with Crippen LogP contribution >= 0.6 is 0 Å². The molecule has 0 atom stereocenters. The second-order valence-corrected chi connectivity index (χ2v) is 9.80. The van der Waals surface area contributed by atoms with Crippen LogP contribution in [0.25, 0.3) is 22.3 Å². The maximum atomic E-state index is 15.9. The van der Waals surface area contributed by atoms with Gasteiger partial charge >= 0.3 is 5.97 Å². The van der Waals surface area contributed by atoms with Gasteiger partial charge in [0.2, 0.25) is 0 Å². The third-order valence-corrected chi connectivity index (χ3v) is 6.78. The van der Waals surface area contributed by atoms with E-state index in [0.29, 0.717) is 5.56 Å². The summed E-state index contributed by atoms with van der Waals surface area (Å²) >= 11 is 0. The van der Waals surface area contributed by atoms with Gasteiger partial charge in [0.15, 0.2) is 0 Å². The first-order chi connectivity index (χ1) is 18.6. The van der Waals surface area contributed by atoms with E-state index in [1.807, 2.05) is 36.4 Å². The van der Waals surface area contributed by atoms with Gasteiger partial charge in [0, 0.05) is 11.1 Å². The third-order valence-electron chi connectivity index (χ3n) is 6.78. The molecule has 0 saturated heterocycles. The molecule has 0 N–H and O–H groups in total. The number of carbonyl (C=O) groups excluding carboxylic acids is 1. The van der Waals surface area contributed by atoms with Crippen LogP contribution in [0.1, 0.15) is 94.0 Å². The molecule has 3 aromatic carbocycles. The van der Waals surface area contributed by atoms with Gasteiger partial charge in [-0.05, 0) is 48.1 Å². The van der Waals surface area contributed by atoms with Crippen molar-refractivity contribution < 1.29 is 23.4 Å². The maximum Gasteiger partial charge on any atom is 0.376 e. The molecule has 38 heavy (non-hydrogen) atoms. The smallest absolute Gasteiger partial charge is 0.293 e. The van der Waals surface area contributed by atoms with Crippen LogP contribution in [0, 0.1) is 11.6 Å². The number of halogens is 2. The third kappa shape index (κ3) is 8.49. The predicted molar refractivity (Wildman–Crippen MR) is 150 cm³/mol. The summed E-state index contributed by atoms with van der Waals surface area (Å²) in [5.41, 5.74) is 1.98. The van der Waals surface area contributed by atoms with Crippen molar-refractivity contribution in [3.05, 3.63) is 83.4 Å². The molecule has 0 saturated carbocycles. The Morgan fingerprint density at radius 2 is 1.39 bits per heavy atom. The van der Waals surface area contributed by atoms with Gasteiger partial charge in [0.25, 0.3) is 0 Å². The van der Waals surface area contributed by atoms with Crippen molar-refractivity contribution in [3.63, 3.8) is 0 Å². The van der Waals surface area contributed by atoms with E-state index in [9.17, 15) is 4.79 Å². The lowest BCUT2D eigenvalue weighted by Gasteiger charge is -2.15. The minimum atomic E-state index is -0.932. The molecule has 0 spiro atoms. The number of benzene rings is 3. The van der Waals surface area contributed by atoms with E-state index in [2.05, 4.69) is 13.8 Å². The molecule has 3 aromatic rings. The average molecular weight is 523 g/mol. The van der Waals surface area contributed by atoms with E-state index >= 15 is 8.78 Å². The standard InChI is InChI=1S/C33H40F2O3/c1-3-5-7-9-10-12-16-25-19-20-28(30(34)24-25)31-27(26-17-13-11-14-18-26)21-22-29(32(31)35)33(36)38-37-23-15-8-6-4-2/h11,13-14,17-22,24H,3-10,12,15-16,23H2,1-2H3. The number of rotatable bonds is 16. The van der Waals surface area contributed by atoms with Crippen LogP contribution in [0.3, 0.4) is 0 Å². The minimum absolute atomic E-state index is 0.0391. The van der Waals surface area contributed by atoms with Crippen LogP contribution in [-0.2, 0) is 16.2 Å². The number of unbranched alkanes of at least 4 members (excludes halogenated alkanes) is 8. The molecule has 3 nitrogen and oxygen atoms in total. The predicted octanol–water partition coefficient (Wildman–Crippen LogP) is 9.87. The van der Waals surface area contributed by atoms with Crippen molar-refractivity contribution in [2.75, 3.05) is 6.61 Å². The van der Waals surface area contributed by atoms with Crippen molar-refractivity contribution in [2.24, 2.45) is 0 Å². The largest absolute Gasteiger partial charge is 0.376 e. The fraction of sp³-hybridized carbons (Fsp3) is 0.424. The SMILES string of the molecule is CCCCCCCCc1ccc(-c2c(-c3ccccc3)ccc(C(=O)OOCCCCCC)c2F)c(F)c1. The molecule has 0 aliphatic carbocycles.